The lowest BCUT2D eigenvalue weighted by Gasteiger charge is -2.06. The van der Waals surface area contributed by atoms with Gasteiger partial charge in [-0.05, 0) is 25.1 Å². The fraction of sp³-hybridized carbons (Fsp3) is 0.294. The van der Waals surface area contributed by atoms with Gasteiger partial charge in [-0.25, -0.2) is 4.98 Å². The number of fused-ring (bicyclic) bond motifs is 1. The van der Waals surface area contributed by atoms with Crippen LogP contribution in [0.1, 0.15) is 22.0 Å². The van der Waals surface area contributed by atoms with E-state index in [9.17, 15) is 9.59 Å². The van der Waals surface area contributed by atoms with Gasteiger partial charge in [0.05, 0.1) is 24.1 Å². The van der Waals surface area contributed by atoms with E-state index in [4.69, 9.17) is 0 Å². The number of nitrogens with zero attached hydrogens (tertiary/aromatic N) is 4. The molecule has 1 aromatic carbocycles. The highest BCUT2D eigenvalue weighted by molar-refractivity contribution is 5.94. The number of nitrogens with one attached hydrogen (secondary N) is 2. The summed E-state index contributed by atoms with van der Waals surface area (Å²) in [7, 11) is 3.66. The molecule has 8 nitrogen and oxygen atoms in total. The lowest BCUT2D eigenvalue weighted by atomic mass is 10.3. The number of aromatic nitrogens is 4. The molecule has 2 aromatic heterocycles. The fourth-order valence-corrected chi connectivity index (χ4v) is 2.52. The Hall–Kier alpha value is -3.16. The molecule has 0 aliphatic carbocycles. The van der Waals surface area contributed by atoms with Crippen LogP contribution in [0.15, 0.2) is 30.3 Å². The van der Waals surface area contributed by atoms with Gasteiger partial charge in [0.1, 0.15) is 11.5 Å². The molecule has 0 unspecified atom stereocenters. The van der Waals surface area contributed by atoms with E-state index < -0.39 is 0 Å². The van der Waals surface area contributed by atoms with Gasteiger partial charge in [-0.3, -0.25) is 14.3 Å². The number of hydrogen-bond acceptors (Lipinski definition) is 4. The zero-order valence-corrected chi connectivity index (χ0v) is 14.4. The number of carbonyl (C=O) groups is 2. The maximum atomic E-state index is 12.0. The van der Waals surface area contributed by atoms with Crippen molar-refractivity contribution in [3.05, 3.63) is 47.5 Å². The third-order valence-corrected chi connectivity index (χ3v) is 4.08. The second kappa shape index (κ2) is 6.76. The standard InChI is InChI=1S/C17H20N6O2/c1-11-8-13(21-23(11)3)17(25)19-10-16(24)18-9-15-20-12-6-4-5-7-14(12)22(15)2/h4-8H,9-10H2,1-3H3,(H,18,24)(H,19,25). The summed E-state index contributed by atoms with van der Waals surface area (Å²) in [5.41, 5.74) is 3.05. The van der Waals surface area contributed by atoms with Crippen LogP contribution < -0.4 is 10.6 Å². The maximum absolute atomic E-state index is 12.0. The Kier molecular flexibility index (Phi) is 4.51. The first-order valence-corrected chi connectivity index (χ1v) is 7.91. The Morgan fingerprint density at radius 2 is 1.92 bits per heavy atom. The molecule has 0 saturated heterocycles. The molecule has 0 aliphatic heterocycles. The molecule has 2 amide bonds. The van der Waals surface area contributed by atoms with E-state index in [0.717, 1.165) is 22.6 Å². The molecule has 8 heteroatoms. The van der Waals surface area contributed by atoms with Crippen molar-refractivity contribution in [2.24, 2.45) is 14.1 Å². The molecule has 2 heterocycles. The second-order valence-corrected chi connectivity index (χ2v) is 5.83. The number of imidazole rings is 1. The summed E-state index contributed by atoms with van der Waals surface area (Å²) in [5, 5.41) is 9.40. The van der Waals surface area contributed by atoms with Crippen molar-refractivity contribution < 1.29 is 9.59 Å². The summed E-state index contributed by atoms with van der Waals surface area (Å²) in [4.78, 5) is 28.4. The topological polar surface area (TPSA) is 93.8 Å². The van der Waals surface area contributed by atoms with Crippen LogP contribution in [0.25, 0.3) is 11.0 Å². The van der Waals surface area contributed by atoms with Crippen molar-refractivity contribution in [3.8, 4) is 0 Å². The van der Waals surface area contributed by atoms with Crippen LogP contribution in [0, 0.1) is 6.92 Å². The summed E-state index contributed by atoms with van der Waals surface area (Å²) in [6.45, 7) is 2.04. The van der Waals surface area contributed by atoms with Crippen LogP contribution in [-0.4, -0.2) is 37.7 Å². The zero-order chi connectivity index (χ0) is 18.0. The maximum Gasteiger partial charge on any atom is 0.272 e. The molecule has 0 fully saturated rings. The molecule has 25 heavy (non-hydrogen) atoms. The number of aryl methyl sites for hydroxylation is 3. The Balaban J connectivity index is 1.54. The number of carbonyl (C=O) groups excluding carboxylic acids is 2. The fourth-order valence-electron chi connectivity index (χ4n) is 2.52. The van der Waals surface area contributed by atoms with E-state index in [-0.39, 0.29) is 18.4 Å². The lowest BCUT2D eigenvalue weighted by molar-refractivity contribution is -0.120. The minimum Gasteiger partial charge on any atom is -0.347 e. The van der Waals surface area contributed by atoms with E-state index in [1.165, 1.54) is 0 Å². The third-order valence-electron chi connectivity index (χ3n) is 4.08. The van der Waals surface area contributed by atoms with Crippen LogP contribution in [-0.2, 0) is 25.4 Å². The summed E-state index contributed by atoms with van der Waals surface area (Å²) < 4.78 is 3.55. The molecular weight excluding hydrogens is 320 g/mol. The highest BCUT2D eigenvalue weighted by Crippen LogP contribution is 2.13. The van der Waals surface area contributed by atoms with Crippen molar-refractivity contribution in [2.75, 3.05) is 6.54 Å². The van der Waals surface area contributed by atoms with Gasteiger partial charge in [-0.15, -0.1) is 0 Å². The number of benzene rings is 1. The predicted octanol–water partition coefficient (Wildman–Crippen LogP) is 0.661. The second-order valence-electron chi connectivity index (χ2n) is 5.83. The molecule has 130 valence electrons. The monoisotopic (exact) mass is 340 g/mol. The number of amides is 2. The molecule has 0 saturated carbocycles. The smallest absolute Gasteiger partial charge is 0.272 e. The first-order chi connectivity index (χ1) is 12.0. The van der Waals surface area contributed by atoms with Gasteiger partial charge in [0.15, 0.2) is 0 Å². The van der Waals surface area contributed by atoms with Crippen LogP contribution in [0.2, 0.25) is 0 Å². The highest BCUT2D eigenvalue weighted by Gasteiger charge is 2.13. The molecule has 0 aliphatic rings. The molecule has 0 spiro atoms. The van der Waals surface area contributed by atoms with Crippen molar-refractivity contribution in [1.82, 2.24) is 30.0 Å². The van der Waals surface area contributed by atoms with E-state index in [1.54, 1.807) is 17.8 Å². The quantitative estimate of drug-likeness (QED) is 0.713. The normalized spacial score (nSPS) is 10.8. The van der Waals surface area contributed by atoms with E-state index in [1.807, 2.05) is 42.8 Å². The average molecular weight is 340 g/mol. The number of hydrogen-bond donors (Lipinski definition) is 2. The molecule has 3 rings (SSSR count). The molecule has 2 N–H and O–H groups in total. The van der Waals surface area contributed by atoms with Gasteiger partial charge in [0.25, 0.3) is 5.91 Å². The predicted molar refractivity (Wildman–Crippen MR) is 92.8 cm³/mol. The Morgan fingerprint density at radius 3 is 2.60 bits per heavy atom. The lowest BCUT2D eigenvalue weighted by Crippen LogP contribution is -2.37. The van der Waals surface area contributed by atoms with Gasteiger partial charge in [-0.2, -0.15) is 5.10 Å². The van der Waals surface area contributed by atoms with Crippen molar-refractivity contribution in [2.45, 2.75) is 13.5 Å². The van der Waals surface area contributed by atoms with Gasteiger partial charge >= 0.3 is 0 Å². The largest absolute Gasteiger partial charge is 0.347 e. The van der Waals surface area contributed by atoms with E-state index >= 15 is 0 Å². The minimum absolute atomic E-state index is 0.113. The average Bonchev–Trinajstić information content (AvgIpc) is 3.11. The molecule has 0 bridgehead atoms. The Morgan fingerprint density at radius 1 is 1.16 bits per heavy atom. The molecule has 0 radical (unpaired) electrons. The molecule has 3 aromatic rings. The van der Waals surface area contributed by atoms with Crippen molar-refractivity contribution in [1.29, 1.82) is 0 Å². The highest BCUT2D eigenvalue weighted by atomic mass is 16.2. The zero-order valence-electron chi connectivity index (χ0n) is 14.4. The first kappa shape index (κ1) is 16.7. The Labute approximate surface area is 144 Å². The summed E-state index contributed by atoms with van der Waals surface area (Å²) in [5.74, 6) is 0.0934. The van der Waals surface area contributed by atoms with Gasteiger partial charge < -0.3 is 15.2 Å². The minimum atomic E-state index is -0.374. The van der Waals surface area contributed by atoms with Crippen LogP contribution >= 0.6 is 0 Å². The third kappa shape index (κ3) is 3.52. The van der Waals surface area contributed by atoms with Gasteiger partial charge in [0.2, 0.25) is 5.91 Å². The van der Waals surface area contributed by atoms with Crippen molar-refractivity contribution >= 4 is 22.8 Å². The molecular formula is C17H20N6O2. The van der Waals surface area contributed by atoms with Crippen molar-refractivity contribution in [3.63, 3.8) is 0 Å². The SMILES string of the molecule is Cc1cc(C(=O)NCC(=O)NCc2nc3ccccc3n2C)nn1C. The number of rotatable bonds is 5. The van der Waals surface area contributed by atoms with Crippen LogP contribution in [0.3, 0.4) is 0 Å². The van der Waals surface area contributed by atoms with E-state index in [2.05, 4.69) is 20.7 Å². The number of para-hydroxylation sites is 2. The van der Waals surface area contributed by atoms with Crippen LogP contribution in [0.4, 0.5) is 0 Å². The Bertz CT molecular complexity index is 920. The summed E-state index contributed by atoms with van der Waals surface area (Å²) >= 11 is 0. The van der Waals surface area contributed by atoms with Gasteiger partial charge in [-0.1, -0.05) is 12.1 Å². The van der Waals surface area contributed by atoms with Crippen LogP contribution in [0.5, 0.6) is 0 Å². The summed E-state index contributed by atoms with van der Waals surface area (Å²) in [6.07, 6.45) is 0. The summed E-state index contributed by atoms with van der Waals surface area (Å²) in [6, 6.07) is 9.44. The van der Waals surface area contributed by atoms with Gasteiger partial charge in [0, 0.05) is 19.8 Å². The first-order valence-electron chi connectivity index (χ1n) is 7.91. The van der Waals surface area contributed by atoms with E-state index in [0.29, 0.717) is 12.2 Å². The molecule has 0 atom stereocenters.